The van der Waals surface area contributed by atoms with Gasteiger partial charge in [0.05, 0.1) is 11.1 Å². The number of nitrogens with one attached hydrogen (secondary N) is 2. The van der Waals surface area contributed by atoms with E-state index >= 15 is 0 Å². The topological polar surface area (TPSA) is 99.6 Å². The van der Waals surface area contributed by atoms with Crippen molar-refractivity contribution < 1.29 is 13.2 Å². The molecule has 2 aromatic heterocycles. The molecule has 0 spiro atoms. The smallest absolute Gasteiger partial charge is 0.271 e. The van der Waals surface area contributed by atoms with E-state index in [1.165, 1.54) is 0 Å². The molecule has 1 saturated heterocycles. The van der Waals surface area contributed by atoms with E-state index in [-0.39, 0.29) is 5.91 Å². The van der Waals surface area contributed by atoms with Gasteiger partial charge in [-0.05, 0) is 30.5 Å². The van der Waals surface area contributed by atoms with Crippen LogP contribution in [0.3, 0.4) is 0 Å². The number of aromatic nitrogens is 3. The van der Waals surface area contributed by atoms with Gasteiger partial charge in [-0.1, -0.05) is 18.6 Å². The number of nitrogens with zero attached hydrogens (tertiary/aromatic N) is 3. The van der Waals surface area contributed by atoms with E-state index in [1.54, 1.807) is 51.5 Å². The maximum Gasteiger partial charge on any atom is 0.271 e. The second-order valence-corrected chi connectivity index (χ2v) is 8.55. The van der Waals surface area contributed by atoms with Crippen molar-refractivity contribution in [3.05, 3.63) is 54.0 Å². The van der Waals surface area contributed by atoms with E-state index in [4.69, 9.17) is 0 Å². The predicted octanol–water partition coefficient (Wildman–Crippen LogP) is 1.77. The molecule has 0 unspecified atom stereocenters. The fourth-order valence-electron chi connectivity index (χ4n) is 3.22. The molecule has 9 heteroatoms. The Morgan fingerprint density at radius 3 is 2.56 bits per heavy atom. The van der Waals surface area contributed by atoms with E-state index < -0.39 is 10.0 Å². The average Bonchev–Trinajstić information content (AvgIpc) is 3.29. The van der Waals surface area contributed by atoms with Crippen molar-refractivity contribution in [3.8, 4) is 0 Å². The minimum Gasteiger partial charge on any atom is -0.347 e. The summed E-state index contributed by atoms with van der Waals surface area (Å²) in [5.41, 5.74) is 1.82. The van der Waals surface area contributed by atoms with Crippen molar-refractivity contribution in [2.45, 2.75) is 30.7 Å². The highest BCUT2D eigenvalue weighted by atomic mass is 32.2. The monoisotopic (exact) mass is 387 g/mol. The van der Waals surface area contributed by atoms with Crippen LogP contribution in [0.4, 0.5) is 0 Å². The second-order valence-electron chi connectivity index (χ2n) is 6.61. The number of piperidine rings is 1. The molecule has 4 rings (SSSR count). The summed E-state index contributed by atoms with van der Waals surface area (Å²) in [4.78, 5) is 16.7. The number of imidazole rings is 1. The third kappa shape index (κ3) is 3.60. The van der Waals surface area contributed by atoms with Gasteiger partial charge in [-0.25, -0.2) is 17.9 Å². The second kappa shape index (κ2) is 7.16. The highest BCUT2D eigenvalue weighted by Crippen LogP contribution is 2.20. The zero-order valence-electron chi connectivity index (χ0n) is 14.8. The molecule has 3 heterocycles. The molecule has 1 aliphatic rings. The van der Waals surface area contributed by atoms with Crippen LogP contribution in [0.25, 0.3) is 5.65 Å². The minimum absolute atomic E-state index is 0.280. The fourth-order valence-corrected chi connectivity index (χ4v) is 4.74. The normalized spacial score (nSPS) is 15.9. The molecule has 0 radical (unpaired) electrons. The molecule has 1 aliphatic heterocycles. The Balaban J connectivity index is 1.40. The highest BCUT2D eigenvalue weighted by molar-refractivity contribution is 7.89. The summed E-state index contributed by atoms with van der Waals surface area (Å²) in [5.74, 6) is -0.280. The Bertz CT molecular complexity index is 1020. The zero-order valence-corrected chi connectivity index (χ0v) is 15.6. The number of rotatable bonds is 5. The fraction of sp³-hybridized carbons (Fsp3) is 0.333. The lowest BCUT2D eigenvalue weighted by molar-refractivity contribution is 0.0946. The molecular weight excluding hydrogens is 366 g/mol. The number of hydrogen-bond acceptors (Lipinski definition) is 4. The van der Waals surface area contributed by atoms with Crippen LogP contribution in [0.1, 0.15) is 35.3 Å². The van der Waals surface area contributed by atoms with Crippen LogP contribution >= 0.6 is 0 Å². The lowest BCUT2D eigenvalue weighted by Crippen LogP contribution is -2.35. The van der Waals surface area contributed by atoms with Gasteiger partial charge in [-0.15, -0.1) is 0 Å². The number of carbonyl (C=O) groups is 1. The average molecular weight is 387 g/mol. The Morgan fingerprint density at radius 1 is 1.11 bits per heavy atom. The van der Waals surface area contributed by atoms with E-state index in [2.05, 4.69) is 15.4 Å². The number of aromatic amines is 1. The van der Waals surface area contributed by atoms with Crippen LogP contribution in [-0.2, 0) is 16.6 Å². The number of H-pyrrole nitrogens is 1. The van der Waals surface area contributed by atoms with Crippen LogP contribution in [0, 0.1) is 0 Å². The van der Waals surface area contributed by atoms with Crippen LogP contribution in [0.2, 0.25) is 0 Å². The molecule has 1 aromatic carbocycles. The summed E-state index contributed by atoms with van der Waals surface area (Å²) >= 11 is 0. The molecule has 3 aromatic rings. The lowest BCUT2D eigenvalue weighted by atomic mass is 10.2. The van der Waals surface area contributed by atoms with Crippen LogP contribution in [-0.4, -0.2) is 46.3 Å². The van der Waals surface area contributed by atoms with Gasteiger partial charge in [0.1, 0.15) is 5.69 Å². The van der Waals surface area contributed by atoms with E-state index in [0.717, 1.165) is 24.8 Å². The Morgan fingerprint density at radius 2 is 1.85 bits per heavy atom. The summed E-state index contributed by atoms with van der Waals surface area (Å²) in [5, 5.41) is 5.73. The highest BCUT2D eigenvalue weighted by Gasteiger charge is 2.25. The number of carbonyl (C=O) groups excluding carboxylic acids is 1. The third-order valence-corrected chi connectivity index (χ3v) is 6.65. The van der Waals surface area contributed by atoms with Crippen LogP contribution in [0.5, 0.6) is 0 Å². The van der Waals surface area contributed by atoms with Crippen LogP contribution in [0.15, 0.2) is 47.6 Å². The van der Waals surface area contributed by atoms with Gasteiger partial charge in [0, 0.05) is 31.9 Å². The Kier molecular flexibility index (Phi) is 4.71. The van der Waals surface area contributed by atoms with Gasteiger partial charge >= 0.3 is 0 Å². The molecular formula is C18H21N5O3S. The molecule has 0 saturated carbocycles. The quantitative estimate of drug-likeness (QED) is 0.697. The van der Waals surface area contributed by atoms with E-state index in [9.17, 15) is 13.2 Å². The van der Waals surface area contributed by atoms with Crippen molar-refractivity contribution in [2.75, 3.05) is 13.1 Å². The molecule has 27 heavy (non-hydrogen) atoms. The summed E-state index contributed by atoms with van der Waals surface area (Å²) in [7, 11) is -3.43. The molecule has 0 atom stereocenters. The molecule has 0 aliphatic carbocycles. The zero-order chi connectivity index (χ0) is 18.9. The van der Waals surface area contributed by atoms with E-state index in [0.29, 0.717) is 35.9 Å². The maximum absolute atomic E-state index is 12.7. The lowest BCUT2D eigenvalue weighted by Gasteiger charge is -2.25. The van der Waals surface area contributed by atoms with Gasteiger partial charge in [0.2, 0.25) is 10.0 Å². The molecule has 1 amide bonds. The molecule has 2 N–H and O–H groups in total. The first-order valence-corrected chi connectivity index (χ1v) is 10.4. The van der Waals surface area contributed by atoms with Gasteiger partial charge in [-0.3, -0.25) is 4.79 Å². The third-order valence-electron chi connectivity index (χ3n) is 4.74. The number of fused-ring (bicyclic) bond motifs is 1. The van der Waals surface area contributed by atoms with E-state index in [1.807, 2.05) is 0 Å². The first kappa shape index (κ1) is 17.7. The Hall–Kier alpha value is -2.65. The Labute approximate surface area is 157 Å². The molecule has 8 nitrogen and oxygen atoms in total. The molecule has 1 fully saturated rings. The maximum atomic E-state index is 12.7. The van der Waals surface area contributed by atoms with Gasteiger partial charge in [0.15, 0.2) is 5.65 Å². The van der Waals surface area contributed by atoms with Crippen LogP contribution < -0.4 is 5.32 Å². The molecule has 0 bridgehead atoms. The van der Waals surface area contributed by atoms with Crippen molar-refractivity contribution in [1.82, 2.24) is 24.2 Å². The summed E-state index contributed by atoms with van der Waals surface area (Å²) in [6.07, 6.45) is 6.26. The SMILES string of the molecule is O=C(NCc1ccc(S(=O)(=O)N2CCCCC2)cc1)c1cn2[nH]ccc2n1. The number of hydrogen-bond donors (Lipinski definition) is 2. The van der Waals surface area contributed by atoms with Crippen molar-refractivity contribution >= 4 is 21.6 Å². The summed E-state index contributed by atoms with van der Waals surface area (Å²) in [6.45, 7) is 1.46. The first-order valence-electron chi connectivity index (χ1n) is 8.94. The number of amides is 1. The summed E-state index contributed by atoms with van der Waals surface area (Å²) in [6, 6.07) is 8.44. The van der Waals surface area contributed by atoms with Crippen molar-refractivity contribution in [1.29, 1.82) is 0 Å². The first-order chi connectivity index (χ1) is 13.0. The molecule has 142 valence electrons. The van der Waals surface area contributed by atoms with Gasteiger partial charge in [-0.2, -0.15) is 4.31 Å². The van der Waals surface area contributed by atoms with Gasteiger partial charge < -0.3 is 10.4 Å². The largest absolute Gasteiger partial charge is 0.347 e. The standard InChI is InChI=1S/C18H21N5O3S/c24-18(16-13-23-17(21-16)8-9-20-23)19-12-14-4-6-15(7-5-14)27(25,26)22-10-2-1-3-11-22/h4-9,13,20H,1-3,10-12H2,(H,19,24). The number of benzene rings is 1. The predicted molar refractivity (Wildman–Crippen MR) is 99.8 cm³/mol. The van der Waals surface area contributed by atoms with Crippen molar-refractivity contribution in [2.24, 2.45) is 0 Å². The van der Waals surface area contributed by atoms with Gasteiger partial charge in [0.25, 0.3) is 5.91 Å². The van der Waals surface area contributed by atoms with Crippen molar-refractivity contribution in [3.63, 3.8) is 0 Å². The minimum atomic E-state index is -3.43. The summed E-state index contributed by atoms with van der Waals surface area (Å²) < 4.78 is 28.5. The number of sulfonamides is 1.